The highest BCUT2D eigenvalue weighted by Crippen LogP contribution is 2.32. The third kappa shape index (κ3) is 2.54. The Morgan fingerprint density at radius 2 is 1.42 bits per heavy atom. The number of fused-ring (bicyclic) bond motifs is 1. The van der Waals surface area contributed by atoms with E-state index in [0.717, 1.165) is 12.8 Å². The molecule has 2 aromatic carbocycles. The molecule has 0 aliphatic heterocycles. The molecule has 0 spiro atoms. The van der Waals surface area contributed by atoms with Crippen LogP contribution in [-0.4, -0.2) is 0 Å². The summed E-state index contributed by atoms with van der Waals surface area (Å²) in [5, 5.41) is 2.93. The van der Waals surface area contributed by atoms with Crippen LogP contribution in [0.4, 0.5) is 0 Å². The standard InChI is InChI=1S/C19H26/c1-5-8-11-17-14(4)18-12-9-10-13-19(18)16(7-3)15(17)6-2/h9-10,12-13H,5-8,11H2,1-4H3. The van der Waals surface area contributed by atoms with Crippen molar-refractivity contribution in [3.8, 4) is 0 Å². The van der Waals surface area contributed by atoms with Crippen LogP contribution in [0.25, 0.3) is 10.8 Å². The van der Waals surface area contributed by atoms with Crippen molar-refractivity contribution in [3.05, 3.63) is 46.5 Å². The zero-order chi connectivity index (χ0) is 13.8. The molecule has 0 nitrogen and oxygen atoms in total. The summed E-state index contributed by atoms with van der Waals surface area (Å²) in [7, 11) is 0. The first kappa shape index (κ1) is 14.1. The first-order valence-electron chi connectivity index (χ1n) is 7.76. The van der Waals surface area contributed by atoms with Crippen LogP contribution in [0.3, 0.4) is 0 Å². The van der Waals surface area contributed by atoms with Crippen molar-refractivity contribution in [2.45, 2.75) is 59.8 Å². The van der Waals surface area contributed by atoms with Gasteiger partial charge in [0, 0.05) is 0 Å². The molecular weight excluding hydrogens is 228 g/mol. The molecule has 102 valence electrons. The first-order valence-corrected chi connectivity index (χ1v) is 7.76. The largest absolute Gasteiger partial charge is 0.0654 e. The van der Waals surface area contributed by atoms with Crippen LogP contribution in [0, 0.1) is 6.92 Å². The van der Waals surface area contributed by atoms with E-state index < -0.39 is 0 Å². The molecule has 0 bridgehead atoms. The molecule has 0 fully saturated rings. The van der Waals surface area contributed by atoms with Crippen molar-refractivity contribution >= 4 is 10.8 Å². The number of hydrogen-bond donors (Lipinski definition) is 0. The van der Waals surface area contributed by atoms with Crippen molar-refractivity contribution in [2.24, 2.45) is 0 Å². The van der Waals surface area contributed by atoms with Crippen LogP contribution in [0.15, 0.2) is 24.3 Å². The molecule has 0 atom stereocenters. The minimum atomic E-state index is 1.14. The highest BCUT2D eigenvalue weighted by molar-refractivity contribution is 5.91. The van der Waals surface area contributed by atoms with Gasteiger partial charge in [-0.25, -0.2) is 0 Å². The molecule has 0 aliphatic carbocycles. The van der Waals surface area contributed by atoms with Crippen molar-refractivity contribution in [1.82, 2.24) is 0 Å². The van der Waals surface area contributed by atoms with E-state index in [-0.39, 0.29) is 0 Å². The van der Waals surface area contributed by atoms with Gasteiger partial charge in [-0.15, -0.1) is 0 Å². The number of benzene rings is 2. The molecule has 0 amide bonds. The Balaban J connectivity index is 2.74. The molecule has 0 heterocycles. The van der Waals surface area contributed by atoms with Crippen molar-refractivity contribution in [3.63, 3.8) is 0 Å². The maximum absolute atomic E-state index is 2.31. The zero-order valence-corrected chi connectivity index (χ0v) is 12.8. The topological polar surface area (TPSA) is 0 Å². The summed E-state index contributed by atoms with van der Waals surface area (Å²) in [5.74, 6) is 0. The average molecular weight is 254 g/mol. The van der Waals surface area contributed by atoms with Gasteiger partial charge in [0.2, 0.25) is 0 Å². The van der Waals surface area contributed by atoms with Gasteiger partial charge in [0.15, 0.2) is 0 Å². The number of unbranched alkanes of at least 4 members (excludes halogenated alkanes) is 1. The van der Waals surface area contributed by atoms with Crippen molar-refractivity contribution < 1.29 is 0 Å². The molecule has 0 aliphatic rings. The lowest BCUT2D eigenvalue weighted by molar-refractivity contribution is 0.781. The maximum atomic E-state index is 2.31. The monoisotopic (exact) mass is 254 g/mol. The molecule has 0 heteroatoms. The second kappa shape index (κ2) is 6.23. The third-order valence-electron chi connectivity index (χ3n) is 4.32. The average Bonchev–Trinajstić information content (AvgIpc) is 2.46. The Morgan fingerprint density at radius 1 is 0.789 bits per heavy atom. The van der Waals surface area contributed by atoms with Gasteiger partial charge in [-0.1, -0.05) is 51.5 Å². The normalized spacial score (nSPS) is 11.2. The van der Waals surface area contributed by atoms with E-state index in [2.05, 4.69) is 52.0 Å². The van der Waals surface area contributed by atoms with E-state index in [1.807, 2.05) is 0 Å². The van der Waals surface area contributed by atoms with Crippen LogP contribution in [-0.2, 0) is 19.3 Å². The predicted molar refractivity (Wildman–Crippen MR) is 86.1 cm³/mol. The van der Waals surface area contributed by atoms with Crippen molar-refractivity contribution in [1.29, 1.82) is 0 Å². The molecule has 0 saturated heterocycles. The van der Waals surface area contributed by atoms with Gasteiger partial charge in [-0.05, 0) is 65.6 Å². The fourth-order valence-electron chi connectivity index (χ4n) is 3.33. The van der Waals surface area contributed by atoms with E-state index in [1.165, 1.54) is 35.6 Å². The summed E-state index contributed by atoms with van der Waals surface area (Å²) in [6.07, 6.45) is 6.12. The lowest BCUT2D eigenvalue weighted by Crippen LogP contribution is -2.03. The summed E-state index contributed by atoms with van der Waals surface area (Å²) >= 11 is 0. The van der Waals surface area contributed by atoms with E-state index >= 15 is 0 Å². The molecule has 0 saturated carbocycles. The number of hydrogen-bond acceptors (Lipinski definition) is 0. The lowest BCUT2D eigenvalue weighted by Gasteiger charge is -2.19. The van der Waals surface area contributed by atoms with Gasteiger partial charge in [0.25, 0.3) is 0 Å². The van der Waals surface area contributed by atoms with E-state index in [9.17, 15) is 0 Å². The molecule has 2 rings (SSSR count). The molecule has 0 aromatic heterocycles. The van der Waals surface area contributed by atoms with Crippen LogP contribution in [0.5, 0.6) is 0 Å². The summed E-state index contributed by atoms with van der Waals surface area (Å²) in [5.41, 5.74) is 6.33. The van der Waals surface area contributed by atoms with Gasteiger partial charge >= 0.3 is 0 Å². The van der Waals surface area contributed by atoms with Crippen LogP contribution in [0.2, 0.25) is 0 Å². The molecule has 0 radical (unpaired) electrons. The van der Waals surface area contributed by atoms with Gasteiger partial charge in [-0.3, -0.25) is 0 Å². The molecule has 2 aromatic rings. The number of aryl methyl sites for hydroxylation is 2. The fourth-order valence-corrected chi connectivity index (χ4v) is 3.33. The summed E-state index contributed by atoms with van der Waals surface area (Å²) < 4.78 is 0. The highest BCUT2D eigenvalue weighted by atomic mass is 14.2. The highest BCUT2D eigenvalue weighted by Gasteiger charge is 2.14. The van der Waals surface area contributed by atoms with E-state index in [1.54, 1.807) is 16.7 Å². The SMILES string of the molecule is CCCCc1c(CC)c(CC)c2ccccc2c1C. The molecule has 0 N–H and O–H groups in total. The van der Waals surface area contributed by atoms with E-state index in [0.29, 0.717) is 0 Å². The molecule has 19 heavy (non-hydrogen) atoms. The minimum absolute atomic E-state index is 1.14. The Labute approximate surface area is 117 Å². The Hall–Kier alpha value is -1.30. The summed E-state index contributed by atoms with van der Waals surface area (Å²) in [6, 6.07) is 8.93. The van der Waals surface area contributed by atoms with Crippen LogP contribution < -0.4 is 0 Å². The lowest BCUT2D eigenvalue weighted by atomic mass is 9.85. The number of rotatable bonds is 5. The summed E-state index contributed by atoms with van der Waals surface area (Å²) in [4.78, 5) is 0. The second-order valence-electron chi connectivity index (χ2n) is 5.42. The van der Waals surface area contributed by atoms with Gasteiger partial charge < -0.3 is 0 Å². The third-order valence-corrected chi connectivity index (χ3v) is 4.32. The molecule has 0 unspecified atom stereocenters. The second-order valence-corrected chi connectivity index (χ2v) is 5.42. The Kier molecular flexibility index (Phi) is 4.63. The van der Waals surface area contributed by atoms with Crippen molar-refractivity contribution in [2.75, 3.05) is 0 Å². The van der Waals surface area contributed by atoms with Crippen LogP contribution >= 0.6 is 0 Å². The first-order chi connectivity index (χ1) is 9.24. The van der Waals surface area contributed by atoms with Gasteiger partial charge in [0.05, 0.1) is 0 Å². The summed E-state index contributed by atoms with van der Waals surface area (Å²) in [6.45, 7) is 9.19. The Morgan fingerprint density at radius 3 is 2.00 bits per heavy atom. The smallest absolute Gasteiger partial charge is 0.0146 e. The zero-order valence-electron chi connectivity index (χ0n) is 12.8. The minimum Gasteiger partial charge on any atom is -0.0654 e. The maximum Gasteiger partial charge on any atom is -0.0146 e. The van der Waals surface area contributed by atoms with E-state index in [4.69, 9.17) is 0 Å². The Bertz CT molecular complexity index is 564. The fraction of sp³-hybridized carbons (Fsp3) is 0.474. The quantitative estimate of drug-likeness (QED) is 0.650. The predicted octanol–water partition coefficient (Wildman–Crippen LogP) is 5.62. The molecular formula is C19H26. The van der Waals surface area contributed by atoms with Gasteiger partial charge in [0.1, 0.15) is 0 Å². The van der Waals surface area contributed by atoms with Crippen LogP contribution in [0.1, 0.15) is 55.9 Å². The van der Waals surface area contributed by atoms with Gasteiger partial charge in [-0.2, -0.15) is 0 Å².